The topological polar surface area (TPSA) is 48.2 Å². The highest BCUT2D eigenvalue weighted by atomic mass is 32.2. The number of aliphatic imine (C=N–C) groups is 1. The molecule has 3 rings (SSSR count). The molecule has 0 aromatic heterocycles. The molecule has 0 spiro atoms. The summed E-state index contributed by atoms with van der Waals surface area (Å²) >= 11 is 1.66. The molecule has 1 aromatic carbocycles. The first-order valence-corrected chi connectivity index (χ1v) is 7.42. The number of halogens is 1. The second kappa shape index (κ2) is 5.22. The van der Waals surface area contributed by atoms with E-state index in [2.05, 4.69) is 10.3 Å². The Morgan fingerprint density at radius 3 is 3.11 bits per heavy atom. The lowest BCUT2D eigenvalue weighted by atomic mass is 10.1. The van der Waals surface area contributed by atoms with Crippen molar-refractivity contribution in [2.24, 2.45) is 10.9 Å². The molecule has 2 aliphatic rings. The lowest BCUT2D eigenvalue weighted by Gasteiger charge is -2.23. The Hall–Kier alpha value is -1.54. The van der Waals surface area contributed by atoms with Crippen molar-refractivity contribution >= 4 is 22.6 Å². The van der Waals surface area contributed by atoms with Crippen LogP contribution in [-0.4, -0.2) is 17.0 Å². The number of hydrogen-bond donors (Lipinski definition) is 1. The van der Waals surface area contributed by atoms with Gasteiger partial charge in [-0.3, -0.25) is 4.99 Å². The van der Waals surface area contributed by atoms with Crippen molar-refractivity contribution in [1.82, 2.24) is 0 Å². The standard InChI is InChI=1S/C14H14FN3S/c15-11-6-9(7-16)4-5-13(11)18-14-17-12-3-1-2-10(12)8-19-14/h4-6,10,12H,1-3,8H2,(H,17,18). The Morgan fingerprint density at radius 2 is 2.32 bits per heavy atom. The first-order valence-electron chi connectivity index (χ1n) is 6.43. The maximum atomic E-state index is 13.8. The highest BCUT2D eigenvalue weighted by molar-refractivity contribution is 8.14. The van der Waals surface area contributed by atoms with Crippen molar-refractivity contribution in [3.05, 3.63) is 29.6 Å². The second-order valence-electron chi connectivity index (χ2n) is 4.94. The number of amidine groups is 1. The number of benzene rings is 1. The molecular formula is C14H14FN3S. The van der Waals surface area contributed by atoms with Gasteiger partial charge in [-0.1, -0.05) is 18.2 Å². The summed E-state index contributed by atoms with van der Waals surface area (Å²) in [5.41, 5.74) is 0.721. The van der Waals surface area contributed by atoms with E-state index in [-0.39, 0.29) is 0 Å². The minimum atomic E-state index is -0.407. The van der Waals surface area contributed by atoms with Gasteiger partial charge in [0.05, 0.1) is 23.4 Å². The quantitative estimate of drug-likeness (QED) is 0.854. The van der Waals surface area contributed by atoms with Crippen molar-refractivity contribution in [2.75, 3.05) is 11.1 Å². The second-order valence-corrected chi connectivity index (χ2v) is 5.94. The zero-order valence-electron chi connectivity index (χ0n) is 10.4. The molecule has 2 atom stereocenters. The van der Waals surface area contributed by atoms with Crippen molar-refractivity contribution < 1.29 is 4.39 Å². The molecule has 1 heterocycles. The van der Waals surface area contributed by atoms with E-state index >= 15 is 0 Å². The molecule has 98 valence electrons. The van der Waals surface area contributed by atoms with E-state index in [1.54, 1.807) is 23.9 Å². The SMILES string of the molecule is N#Cc1ccc(NC2=NC3CCCC3CS2)c(F)c1. The van der Waals surface area contributed by atoms with Crippen LogP contribution in [-0.2, 0) is 0 Å². The number of rotatable bonds is 1. The van der Waals surface area contributed by atoms with Crippen molar-refractivity contribution in [1.29, 1.82) is 5.26 Å². The van der Waals surface area contributed by atoms with Crippen molar-refractivity contribution in [2.45, 2.75) is 25.3 Å². The summed E-state index contributed by atoms with van der Waals surface area (Å²) in [4.78, 5) is 4.66. The minimum Gasteiger partial charge on any atom is -0.333 e. The highest BCUT2D eigenvalue weighted by Crippen LogP contribution is 2.35. The Morgan fingerprint density at radius 1 is 1.42 bits per heavy atom. The van der Waals surface area contributed by atoms with Crippen LogP contribution in [0.2, 0.25) is 0 Å². The average molecular weight is 275 g/mol. The summed E-state index contributed by atoms with van der Waals surface area (Å²) < 4.78 is 13.8. The lowest BCUT2D eigenvalue weighted by Crippen LogP contribution is -2.25. The molecule has 1 fully saturated rings. The summed E-state index contributed by atoms with van der Waals surface area (Å²) in [5, 5.41) is 12.6. The van der Waals surface area contributed by atoms with Gasteiger partial charge in [-0.25, -0.2) is 4.39 Å². The van der Waals surface area contributed by atoms with Crippen LogP contribution in [0.1, 0.15) is 24.8 Å². The minimum absolute atomic E-state index is 0.331. The molecule has 2 unspecified atom stereocenters. The van der Waals surface area contributed by atoms with Crippen molar-refractivity contribution in [3.8, 4) is 6.07 Å². The van der Waals surface area contributed by atoms with Crippen LogP contribution in [0.25, 0.3) is 0 Å². The van der Waals surface area contributed by atoms with Crippen LogP contribution in [0.3, 0.4) is 0 Å². The van der Waals surface area contributed by atoms with Crippen LogP contribution in [0.15, 0.2) is 23.2 Å². The molecule has 1 aliphatic carbocycles. The van der Waals surface area contributed by atoms with Crippen molar-refractivity contribution in [3.63, 3.8) is 0 Å². The van der Waals surface area contributed by atoms with Crippen LogP contribution < -0.4 is 5.32 Å². The van der Waals surface area contributed by atoms with Gasteiger partial charge in [0, 0.05) is 5.75 Å². The zero-order valence-corrected chi connectivity index (χ0v) is 11.2. The summed E-state index contributed by atoms with van der Waals surface area (Å²) in [6, 6.07) is 6.78. The predicted octanol–water partition coefficient (Wildman–Crippen LogP) is 3.38. The van der Waals surface area contributed by atoms with Gasteiger partial charge < -0.3 is 5.32 Å². The highest BCUT2D eigenvalue weighted by Gasteiger charge is 2.31. The van der Waals surface area contributed by atoms with Gasteiger partial charge in [-0.2, -0.15) is 5.26 Å². The summed E-state index contributed by atoms with van der Waals surface area (Å²) in [6.07, 6.45) is 3.66. The van der Waals surface area contributed by atoms with Crippen LogP contribution in [0, 0.1) is 23.1 Å². The van der Waals surface area contributed by atoms with E-state index in [1.807, 2.05) is 6.07 Å². The Bertz CT molecular complexity index is 564. The molecule has 0 bridgehead atoms. The smallest absolute Gasteiger partial charge is 0.161 e. The monoisotopic (exact) mass is 275 g/mol. The van der Waals surface area contributed by atoms with Gasteiger partial charge in [0.15, 0.2) is 5.17 Å². The molecule has 0 amide bonds. The van der Waals surface area contributed by atoms with Gasteiger partial charge in [-0.05, 0) is 37.0 Å². The normalized spacial score (nSPS) is 25.4. The largest absolute Gasteiger partial charge is 0.333 e. The van der Waals surface area contributed by atoms with E-state index in [1.165, 1.54) is 18.9 Å². The summed E-state index contributed by atoms with van der Waals surface area (Å²) in [7, 11) is 0. The number of hydrogen-bond acceptors (Lipinski definition) is 4. The Kier molecular flexibility index (Phi) is 3.43. The van der Waals surface area contributed by atoms with Gasteiger partial charge in [-0.15, -0.1) is 0 Å². The first kappa shape index (κ1) is 12.5. The number of nitrogens with zero attached hydrogens (tertiary/aromatic N) is 2. The maximum absolute atomic E-state index is 13.8. The fourth-order valence-corrected chi connectivity index (χ4v) is 3.78. The average Bonchev–Trinajstić information content (AvgIpc) is 2.88. The molecule has 19 heavy (non-hydrogen) atoms. The fraction of sp³-hybridized carbons (Fsp3) is 0.429. The molecule has 3 nitrogen and oxygen atoms in total. The number of fused-ring (bicyclic) bond motifs is 1. The van der Waals surface area contributed by atoms with Crippen LogP contribution in [0.5, 0.6) is 0 Å². The molecule has 1 aromatic rings. The van der Waals surface area contributed by atoms with E-state index in [9.17, 15) is 4.39 Å². The van der Waals surface area contributed by atoms with E-state index in [0.29, 0.717) is 23.2 Å². The molecule has 0 radical (unpaired) electrons. The Labute approximate surface area is 115 Å². The molecule has 5 heteroatoms. The first-order chi connectivity index (χ1) is 9.26. The number of nitrogens with one attached hydrogen (secondary N) is 1. The molecule has 1 N–H and O–H groups in total. The molecule has 1 saturated carbocycles. The molecule has 0 saturated heterocycles. The summed E-state index contributed by atoms with van der Waals surface area (Å²) in [6.45, 7) is 0. The predicted molar refractivity (Wildman–Crippen MR) is 75.8 cm³/mol. The van der Waals surface area contributed by atoms with E-state index in [0.717, 1.165) is 17.3 Å². The third kappa shape index (κ3) is 2.59. The lowest BCUT2D eigenvalue weighted by molar-refractivity contribution is 0.535. The third-order valence-electron chi connectivity index (χ3n) is 3.68. The van der Waals surface area contributed by atoms with Gasteiger partial charge in [0.25, 0.3) is 0 Å². The van der Waals surface area contributed by atoms with Gasteiger partial charge in [0.2, 0.25) is 0 Å². The molecular weight excluding hydrogens is 261 g/mol. The van der Waals surface area contributed by atoms with Crippen LogP contribution >= 0.6 is 11.8 Å². The van der Waals surface area contributed by atoms with Crippen LogP contribution in [0.4, 0.5) is 10.1 Å². The van der Waals surface area contributed by atoms with Gasteiger partial charge >= 0.3 is 0 Å². The molecule has 1 aliphatic heterocycles. The Balaban J connectivity index is 1.77. The van der Waals surface area contributed by atoms with E-state index < -0.39 is 5.82 Å². The van der Waals surface area contributed by atoms with E-state index in [4.69, 9.17) is 5.26 Å². The zero-order chi connectivity index (χ0) is 13.2. The third-order valence-corrected chi connectivity index (χ3v) is 4.75. The maximum Gasteiger partial charge on any atom is 0.161 e. The number of anilines is 1. The number of nitriles is 1. The fourth-order valence-electron chi connectivity index (χ4n) is 2.63. The van der Waals surface area contributed by atoms with Gasteiger partial charge in [0.1, 0.15) is 5.82 Å². The number of thioether (sulfide) groups is 1. The summed E-state index contributed by atoms with van der Waals surface area (Å²) in [5.74, 6) is 1.35.